The third kappa shape index (κ3) is 4.75. The number of amides is 1. The first-order valence-electron chi connectivity index (χ1n) is 9.69. The highest BCUT2D eigenvalue weighted by atomic mass is 32.2. The summed E-state index contributed by atoms with van der Waals surface area (Å²) in [6, 6.07) is 12.5. The molecule has 0 radical (unpaired) electrons. The molecule has 1 saturated heterocycles. The van der Waals surface area contributed by atoms with Crippen molar-refractivity contribution in [2.45, 2.75) is 13.8 Å². The van der Waals surface area contributed by atoms with Crippen molar-refractivity contribution in [2.24, 2.45) is 0 Å². The summed E-state index contributed by atoms with van der Waals surface area (Å²) in [7, 11) is -3.50. The van der Waals surface area contributed by atoms with E-state index in [2.05, 4.69) is 4.98 Å². The molecule has 0 N–H and O–H groups in total. The number of pyridine rings is 1. The van der Waals surface area contributed by atoms with Crippen molar-refractivity contribution in [2.75, 3.05) is 39.3 Å². The first-order valence-corrected chi connectivity index (χ1v) is 11.1. The number of ether oxygens (including phenoxy) is 1. The Labute approximate surface area is 171 Å². The minimum Gasteiger partial charge on any atom is -0.438 e. The molecule has 9 heteroatoms. The Morgan fingerprint density at radius 3 is 2.31 bits per heavy atom. The zero-order valence-electron chi connectivity index (χ0n) is 16.7. The summed E-state index contributed by atoms with van der Waals surface area (Å²) in [6.45, 7) is 5.65. The summed E-state index contributed by atoms with van der Waals surface area (Å²) >= 11 is 0. The zero-order chi connectivity index (χ0) is 20.9. The van der Waals surface area contributed by atoms with E-state index < -0.39 is 10.2 Å². The quantitative estimate of drug-likeness (QED) is 0.689. The van der Waals surface area contributed by atoms with Gasteiger partial charge in [0.05, 0.1) is 0 Å². The first-order chi connectivity index (χ1) is 14.0. The summed E-state index contributed by atoms with van der Waals surface area (Å²) in [6.07, 6.45) is 1.57. The molecular weight excluding hydrogens is 392 g/mol. The maximum absolute atomic E-state index is 13.0. The van der Waals surface area contributed by atoms with Gasteiger partial charge in [-0.25, -0.2) is 4.98 Å². The molecule has 2 heterocycles. The Bertz CT molecular complexity index is 925. The lowest BCUT2D eigenvalue weighted by Crippen LogP contribution is -2.54. The number of aromatic nitrogens is 1. The van der Waals surface area contributed by atoms with E-state index in [4.69, 9.17) is 4.74 Å². The number of rotatable bonds is 7. The minimum atomic E-state index is -3.50. The summed E-state index contributed by atoms with van der Waals surface area (Å²) in [5, 5.41) is 0. The van der Waals surface area contributed by atoms with Crippen LogP contribution in [0.4, 0.5) is 0 Å². The molecule has 1 aromatic carbocycles. The van der Waals surface area contributed by atoms with E-state index in [0.29, 0.717) is 37.5 Å². The normalized spacial score (nSPS) is 15.5. The monoisotopic (exact) mass is 418 g/mol. The molecule has 3 rings (SSSR count). The lowest BCUT2D eigenvalue weighted by Gasteiger charge is -2.36. The van der Waals surface area contributed by atoms with E-state index >= 15 is 0 Å². The van der Waals surface area contributed by atoms with E-state index in [0.717, 1.165) is 0 Å². The van der Waals surface area contributed by atoms with Crippen molar-refractivity contribution in [1.82, 2.24) is 18.5 Å². The van der Waals surface area contributed by atoms with Crippen molar-refractivity contribution in [3.05, 3.63) is 54.2 Å². The van der Waals surface area contributed by atoms with Gasteiger partial charge in [-0.2, -0.15) is 17.0 Å². The van der Waals surface area contributed by atoms with Gasteiger partial charge in [-0.3, -0.25) is 4.79 Å². The van der Waals surface area contributed by atoms with Crippen LogP contribution in [0.15, 0.2) is 48.7 Å². The molecular formula is C20H26N4O4S. The highest BCUT2D eigenvalue weighted by Gasteiger charge is 2.33. The second-order valence-electron chi connectivity index (χ2n) is 6.55. The summed E-state index contributed by atoms with van der Waals surface area (Å²) in [5.74, 6) is 0.612. The lowest BCUT2D eigenvalue weighted by molar-refractivity contribution is 0.0691. The van der Waals surface area contributed by atoms with E-state index in [9.17, 15) is 13.2 Å². The number of hydrogen-bond donors (Lipinski definition) is 0. The van der Waals surface area contributed by atoms with Gasteiger partial charge in [-0.05, 0) is 24.3 Å². The molecule has 0 spiro atoms. The van der Waals surface area contributed by atoms with Crippen LogP contribution in [0.2, 0.25) is 0 Å². The van der Waals surface area contributed by atoms with Crippen molar-refractivity contribution in [1.29, 1.82) is 0 Å². The first kappa shape index (κ1) is 21.2. The van der Waals surface area contributed by atoms with E-state index in [1.165, 1.54) is 8.61 Å². The smallest absolute Gasteiger partial charge is 0.282 e. The highest BCUT2D eigenvalue weighted by molar-refractivity contribution is 7.86. The molecule has 156 valence electrons. The second kappa shape index (κ2) is 9.34. The topological polar surface area (TPSA) is 83.1 Å². The fraction of sp³-hybridized carbons (Fsp3) is 0.400. The van der Waals surface area contributed by atoms with Crippen LogP contribution >= 0.6 is 0 Å². The van der Waals surface area contributed by atoms with Gasteiger partial charge in [-0.1, -0.05) is 32.0 Å². The standard InChI is InChI=1S/C20H26N4O4S/c1-3-23(4-2)29(26,27)24-15-13-22(14-16-24)20(25)18-11-8-12-21-19(18)28-17-9-6-5-7-10-17/h5-12H,3-4,13-16H2,1-2H3. The molecule has 1 aromatic heterocycles. The van der Waals surface area contributed by atoms with Gasteiger partial charge in [0.1, 0.15) is 11.3 Å². The zero-order valence-corrected chi connectivity index (χ0v) is 17.5. The van der Waals surface area contributed by atoms with Crippen molar-refractivity contribution >= 4 is 16.1 Å². The average Bonchev–Trinajstić information content (AvgIpc) is 2.75. The summed E-state index contributed by atoms with van der Waals surface area (Å²) in [4.78, 5) is 18.9. The van der Waals surface area contributed by atoms with Gasteiger partial charge in [0.15, 0.2) is 0 Å². The van der Waals surface area contributed by atoms with Crippen molar-refractivity contribution < 1.29 is 17.9 Å². The number of carbonyl (C=O) groups excluding carboxylic acids is 1. The Hall–Kier alpha value is -2.49. The molecule has 0 unspecified atom stereocenters. The molecule has 2 aromatic rings. The van der Waals surface area contributed by atoms with Crippen LogP contribution in [0.1, 0.15) is 24.2 Å². The molecule has 1 aliphatic rings. The molecule has 1 amide bonds. The van der Waals surface area contributed by atoms with Gasteiger partial charge < -0.3 is 9.64 Å². The summed E-state index contributed by atoms with van der Waals surface area (Å²) < 4.78 is 34.0. The lowest BCUT2D eigenvalue weighted by atomic mass is 10.2. The van der Waals surface area contributed by atoms with E-state index in [-0.39, 0.29) is 24.9 Å². The van der Waals surface area contributed by atoms with Crippen LogP contribution in [-0.2, 0) is 10.2 Å². The molecule has 0 aliphatic carbocycles. The predicted octanol–water partition coefficient (Wildman–Crippen LogP) is 2.22. The van der Waals surface area contributed by atoms with Crippen LogP contribution in [0.5, 0.6) is 11.6 Å². The number of hydrogen-bond acceptors (Lipinski definition) is 5. The Kier molecular flexibility index (Phi) is 6.83. The van der Waals surface area contributed by atoms with Gasteiger partial charge in [0.25, 0.3) is 16.1 Å². The minimum absolute atomic E-state index is 0.219. The fourth-order valence-corrected chi connectivity index (χ4v) is 4.84. The van der Waals surface area contributed by atoms with Gasteiger partial charge in [0, 0.05) is 45.5 Å². The van der Waals surface area contributed by atoms with Crippen LogP contribution in [0.3, 0.4) is 0 Å². The molecule has 1 fully saturated rings. The van der Waals surface area contributed by atoms with Gasteiger partial charge >= 0.3 is 0 Å². The number of carbonyl (C=O) groups is 1. The maximum Gasteiger partial charge on any atom is 0.282 e. The molecule has 0 bridgehead atoms. The third-order valence-electron chi connectivity index (χ3n) is 4.84. The molecule has 1 aliphatic heterocycles. The third-order valence-corrected chi connectivity index (χ3v) is 7.03. The summed E-state index contributed by atoms with van der Waals surface area (Å²) in [5.41, 5.74) is 0.358. The van der Waals surface area contributed by atoms with Crippen LogP contribution in [0.25, 0.3) is 0 Å². The van der Waals surface area contributed by atoms with Crippen molar-refractivity contribution in [3.8, 4) is 11.6 Å². The largest absolute Gasteiger partial charge is 0.438 e. The Balaban J connectivity index is 1.70. The van der Waals surface area contributed by atoms with Crippen LogP contribution in [-0.4, -0.2) is 72.1 Å². The molecule has 29 heavy (non-hydrogen) atoms. The fourth-order valence-electron chi connectivity index (χ4n) is 3.24. The number of nitrogens with zero attached hydrogens (tertiary/aromatic N) is 4. The average molecular weight is 419 g/mol. The molecule has 8 nitrogen and oxygen atoms in total. The Morgan fingerprint density at radius 1 is 1.03 bits per heavy atom. The number of benzene rings is 1. The molecule has 0 saturated carbocycles. The number of piperazine rings is 1. The van der Waals surface area contributed by atoms with Crippen molar-refractivity contribution in [3.63, 3.8) is 0 Å². The molecule has 0 atom stereocenters. The Morgan fingerprint density at radius 2 is 1.69 bits per heavy atom. The highest BCUT2D eigenvalue weighted by Crippen LogP contribution is 2.24. The van der Waals surface area contributed by atoms with Crippen LogP contribution < -0.4 is 4.74 Å². The maximum atomic E-state index is 13.0. The second-order valence-corrected chi connectivity index (χ2v) is 8.48. The van der Waals surface area contributed by atoms with Gasteiger partial charge in [0.2, 0.25) is 5.88 Å². The SMILES string of the molecule is CCN(CC)S(=O)(=O)N1CCN(C(=O)c2cccnc2Oc2ccccc2)CC1. The van der Waals surface area contributed by atoms with E-state index in [1.807, 2.05) is 32.0 Å². The predicted molar refractivity (Wildman–Crippen MR) is 110 cm³/mol. The van der Waals surface area contributed by atoms with E-state index in [1.54, 1.807) is 35.4 Å². The van der Waals surface area contributed by atoms with Gasteiger partial charge in [-0.15, -0.1) is 0 Å². The number of para-hydroxylation sites is 1. The van der Waals surface area contributed by atoms with Crippen LogP contribution in [0, 0.1) is 0 Å².